The lowest BCUT2D eigenvalue weighted by Crippen LogP contribution is -2.52. The lowest BCUT2D eigenvalue weighted by Gasteiger charge is -2.58. The Morgan fingerprint density at radius 2 is 1.91 bits per heavy atom. The highest BCUT2D eigenvalue weighted by atomic mass is 16.3. The Morgan fingerprint density at radius 1 is 1.23 bits per heavy atom. The molecule has 1 fully saturated rings. The van der Waals surface area contributed by atoms with E-state index in [1.165, 1.54) is 24.8 Å². The molecule has 0 aromatic rings. The number of allylic oxidation sites excluding steroid dienone is 2. The van der Waals surface area contributed by atoms with Crippen molar-refractivity contribution in [3.8, 4) is 0 Å². The van der Waals surface area contributed by atoms with Gasteiger partial charge in [0.2, 0.25) is 0 Å². The van der Waals surface area contributed by atoms with E-state index in [9.17, 15) is 5.11 Å². The second-order valence-electron chi connectivity index (χ2n) is 9.04. The molecular formula is C20H36O2. The van der Waals surface area contributed by atoms with Crippen LogP contribution >= 0.6 is 0 Å². The van der Waals surface area contributed by atoms with Gasteiger partial charge in [0.15, 0.2) is 0 Å². The van der Waals surface area contributed by atoms with Crippen molar-refractivity contribution >= 4 is 0 Å². The minimum absolute atomic E-state index is 0.153. The molecule has 2 rings (SSSR count). The third kappa shape index (κ3) is 3.43. The average molecular weight is 309 g/mol. The Kier molecular flexibility index (Phi) is 5.44. The van der Waals surface area contributed by atoms with Crippen LogP contribution in [0.5, 0.6) is 0 Å². The minimum atomic E-state index is -0.153. The summed E-state index contributed by atoms with van der Waals surface area (Å²) in [7, 11) is 0. The molecule has 0 heterocycles. The van der Waals surface area contributed by atoms with Crippen LogP contribution in [-0.2, 0) is 0 Å². The molecule has 5 atom stereocenters. The third-order valence-corrected chi connectivity index (χ3v) is 6.77. The van der Waals surface area contributed by atoms with E-state index in [0.29, 0.717) is 24.4 Å². The van der Waals surface area contributed by atoms with E-state index in [2.05, 4.69) is 40.7 Å². The van der Waals surface area contributed by atoms with Gasteiger partial charge in [-0.3, -0.25) is 0 Å². The van der Waals surface area contributed by atoms with Gasteiger partial charge in [0, 0.05) is 6.61 Å². The van der Waals surface area contributed by atoms with Crippen molar-refractivity contribution in [2.75, 3.05) is 6.61 Å². The first-order valence-electron chi connectivity index (χ1n) is 9.16. The quantitative estimate of drug-likeness (QED) is 0.731. The fraction of sp³-hybridized carbons (Fsp3) is 0.900. The fourth-order valence-electron chi connectivity index (χ4n) is 5.68. The highest BCUT2D eigenvalue weighted by Crippen LogP contribution is 2.60. The van der Waals surface area contributed by atoms with Crippen molar-refractivity contribution in [1.82, 2.24) is 0 Å². The molecule has 0 saturated heterocycles. The largest absolute Gasteiger partial charge is 0.396 e. The first kappa shape index (κ1) is 18.0. The zero-order chi connectivity index (χ0) is 16.5. The Labute approximate surface area is 137 Å². The van der Waals surface area contributed by atoms with Crippen LogP contribution in [0.3, 0.4) is 0 Å². The smallest absolute Gasteiger partial charge is 0.0551 e. The molecule has 2 nitrogen and oxygen atoms in total. The van der Waals surface area contributed by atoms with E-state index in [1.807, 2.05) is 0 Å². The van der Waals surface area contributed by atoms with E-state index in [-0.39, 0.29) is 16.9 Å². The average Bonchev–Trinajstić information content (AvgIpc) is 2.35. The molecule has 0 unspecified atom stereocenters. The van der Waals surface area contributed by atoms with Crippen LogP contribution in [0.15, 0.2) is 11.6 Å². The van der Waals surface area contributed by atoms with E-state index in [1.54, 1.807) is 0 Å². The van der Waals surface area contributed by atoms with Gasteiger partial charge in [-0.05, 0) is 67.6 Å². The lowest BCUT2D eigenvalue weighted by molar-refractivity contribution is -0.0960. The summed E-state index contributed by atoms with van der Waals surface area (Å²) in [6.07, 6.45) is 8.65. The molecule has 2 N–H and O–H groups in total. The second kappa shape index (κ2) is 6.65. The van der Waals surface area contributed by atoms with E-state index in [0.717, 1.165) is 19.3 Å². The normalized spacial score (nSPS) is 39.0. The molecule has 0 bridgehead atoms. The SMILES string of the molecule is CC1=CC[C@@H]2C(C)(C)C[C@@H](O)C[C@@]2(C)[C@@H]1CC[C@H](C)CCO. The summed E-state index contributed by atoms with van der Waals surface area (Å²) in [6, 6.07) is 0. The maximum atomic E-state index is 10.5. The zero-order valence-electron chi connectivity index (χ0n) is 15.2. The summed E-state index contributed by atoms with van der Waals surface area (Å²) in [5.41, 5.74) is 1.97. The van der Waals surface area contributed by atoms with Gasteiger partial charge < -0.3 is 10.2 Å². The van der Waals surface area contributed by atoms with Gasteiger partial charge in [-0.2, -0.15) is 0 Å². The molecule has 0 aliphatic heterocycles. The fourth-order valence-corrected chi connectivity index (χ4v) is 5.68. The molecule has 1 saturated carbocycles. The minimum Gasteiger partial charge on any atom is -0.396 e. The Balaban J connectivity index is 2.20. The third-order valence-electron chi connectivity index (χ3n) is 6.77. The number of aliphatic hydroxyl groups is 2. The molecule has 0 aromatic heterocycles. The summed E-state index contributed by atoms with van der Waals surface area (Å²) in [5.74, 6) is 1.84. The summed E-state index contributed by atoms with van der Waals surface area (Å²) in [4.78, 5) is 0. The summed E-state index contributed by atoms with van der Waals surface area (Å²) >= 11 is 0. The zero-order valence-corrected chi connectivity index (χ0v) is 15.2. The molecule has 128 valence electrons. The first-order chi connectivity index (χ1) is 10.2. The van der Waals surface area contributed by atoms with Crippen LogP contribution in [-0.4, -0.2) is 22.9 Å². The van der Waals surface area contributed by atoms with Crippen molar-refractivity contribution in [3.63, 3.8) is 0 Å². The maximum absolute atomic E-state index is 10.5. The van der Waals surface area contributed by atoms with E-state index >= 15 is 0 Å². The Morgan fingerprint density at radius 3 is 2.55 bits per heavy atom. The topological polar surface area (TPSA) is 40.5 Å². The van der Waals surface area contributed by atoms with Gasteiger partial charge in [0.05, 0.1) is 6.10 Å². The van der Waals surface area contributed by atoms with Gasteiger partial charge >= 0.3 is 0 Å². The lowest BCUT2D eigenvalue weighted by atomic mass is 9.47. The number of hydrogen-bond acceptors (Lipinski definition) is 2. The summed E-state index contributed by atoms with van der Waals surface area (Å²) in [6.45, 7) is 12.0. The summed E-state index contributed by atoms with van der Waals surface area (Å²) in [5, 5.41) is 19.6. The van der Waals surface area contributed by atoms with Crippen molar-refractivity contribution in [1.29, 1.82) is 0 Å². The number of aliphatic hydroxyl groups excluding tert-OH is 2. The molecule has 2 aliphatic carbocycles. The highest BCUT2D eigenvalue weighted by Gasteiger charge is 2.53. The summed E-state index contributed by atoms with van der Waals surface area (Å²) < 4.78 is 0. The monoisotopic (exact) mass is 308 g/mol. The molecule has 0 radical (unpaired) electrons. The Hall–Kier alpha value is -0.340. The van der Waals surface area contributed by atoms with Crippen molar-refractivity contribution in [2.24, 2.45) is 28.6 Å². The second-order valence-corrected chi connectivity index (χ2v) is 9.04. The van der Waals surface area contributed by atoms with Crippen LogP contribution < -0.4 is 0 Å². The van der Waals surface area contributed by atoms with Crippen LogP contribution in [0.2, 0.25) is 0 Å². The molecule has 2 heteroatoms. The number of rotatable bonds is 5. The number of hydrogen-bond donors (Lipinski definition) is 2. The van der Waals surface area contributed by atoms with Crippen LogP contribution in [0.1, 0.15) is 73.1 Å². The molecule has 0 aromatic carbocycles. The number of fused-ring (bicyclic) bond motifs is 1. The van der Waals surface area contributed by atoms with Crippen LogP contribution in [0.25, 0.3) is 0 Å². The van der Waals surface area contributed by atoms with Gasteiger partial charge in [0.1, 0.15) is 0 Å². The van der Waals surface area contributed by atoms with Crippen molar-refractivity contribution in [3.05, 3.63) is 11.6 Å². The predicted molar refractivity (Wildman–Crippen MR) is 92.6 cm³/mol. The van der Waals surface area contributed by atoms with Gasteiger partial charge in [-0.25, -0.2) is 0 Å². The maximum Gasteiger partial charge on any atom is 0.0551 e. The standard InChI is InChI=1S/C20H36O2/c1-14(10-11-21)6-8-17-15(2)7-9-18-19(3,4)12-16(22)13-20(17,18)5/h7,14,16-18,21-22H,6,8-13H2,1-5H3/t14-,16+,17+,18+,20-/m0/s1. The molecular weight excluding hydrogens is 272 g/mol. The highest BCUT2D eigenvalue weighted by molar-refractivity contribution is 5.19. The van der Waals surface area contributed by atoms with E-state index in [4.69, 9.17) is 5.11 Å². The van der Waals surface area contributed by atoms with E-state index < -0.39 is 0 Å². The Bertz CT molecular complexity index is 412. The van der Waals surface area contributed by atoms with Gasteiger partial charge in [-0.15, -0.1) is 0 Å². The van der Waals surface area contributed by atoms with Gasteiger partial charge in [0.25, 0.3) is 0 Å². The van der Waals surface area contributed by atoms with Crippen molar-refractivity contribution < 1.29 is 10.2 Å². The molecule has 22 heavy (non-hydrogen) atoms. The molecule has 2 aliphatic rings. The van der Waals surface area contributed by atoms with Crippen LogP contribution in [0.4, 0.5) is 0 Å². The molecule has 0 spiro atoms. The van der Waals surface area contributed by atoms with Crippen LogP contribution in [0, 0.1) is 28.6 Å². The first-order valence-corrected chi connectivity index (χ1v) is 9.16. The molecule has 0 amide bonds. The predicted octanol–water partition coefficient (Wildman–Crippen LogP) is 4.55. The van der Waals surface area contributed by atoms with Crippen molar-refractivity contribution in [2.45, 2.75) is 79.2 Å². The van der Waals surface area contributed by atoms with Gasteiger partial charge in [-0.1, -0.05) is 45.8 Å².